The normalized spacial score (nSPS) is 19.6. The summed E-state index contributed by atoms with van der Waals surface area (Å²) in [5.41, 5.74) is 1.20. The molecule has 3 heteroatoms. The van der Waals surface area contributed by atoms with Crippen molar-refractivity contribution in [3.8, 4) is 0 Å². The first-order chi connectivity index (χ1) is 7.77. The van der Waals surface area contributed by atoms with Crippen LogP contribution in [-0.4, -0.2) is 24.3 Å². The van der Waals surface area contributed by atoms with Crippen LogP contribution in [0.1, 0.15) is 18.4 Å². The Labute approximate surface area is 105 Å². The minimum Gasteiger partial charge on any atom is -0.392 e. The third kappa shape index (κ3) is 3.06. The Morgan fingerprint density at radius 2 is 2.00 bits per heavy atom. The molecule has 1 unspecified atom stereocenters. The zero-order valence-corrected chi connectivity index (χ0v) is 10.9. The van der Waals surface area contributed by atoms with Crippen LogP contribution in [0.5, 0.6) is 0 Å². The molecule has 1 atom stereocenters. The highest BCUT2D eigenvalue weighted by molar-refractivity contribution is 9.10. The highest BCUT2D eigenvalue weighted by atomic mass is 79.9. The van der Waals surface area contributed by atoms with Gasteiger partial charge in [-0.3, -0.25) is 0 Å². The molecule has 88 valence electrons. The van der Waals surface area contributed by atoms with Gasteiger partial charge >= 0.3 is 0 Å². The zero-order chi connectivity index (χ0) is 11.4. The third-order valence-electron chi connectivity index (χ3n) is 3.31. The lowest BCUT2D eigenvalue weighted by molar-refractivity contribution is 0.0889. The van der Waals surface area contributed by atoms with Crippen molar-refractivity contribution in [3.05, 3.63) is 34.3 Å². The monoisotopic (exact) mass is 283 g/mol. The Morgan fingerprint density at radius 3 is 2.69 bits per heavy atom. The van der Waals surface area contributed by atoms with Crippen LogP contribution in [0.25, 0.3) is 0 Å². The van der Waals surface area contributed by atoms with E-state index in [1.54, 1.807) is 0 Å². The average molecular weight is 284 g/mol. The van der Waals surface area contributed by atoms with Crippen LogP contribution in [0.3, 0.4) is 0 Å². The summed E-state index contributed by atoms with van der Waals surface area (Å²) in [6.07, 6.45) is 2.73. The molecule has 0 radical (unpaired) electrons. The third-order valence-corrected chi connectivity index (χ3v) is 4.09. The van der Waals surface area contributed by atoms with E-state index in [2.05, 4.69) is 27.3 Å². The summed E-state index contributed by atoms with van der Waals surface area (Å²) in [6, 6.07) is 8.14. The molecule has 0 spiro atoms. The predicted octanol–water partition coefficient (Wildman–Crippen LogP) is 2.35. The van der Waals surface area contributed by atoms with Gasteiger partial charge in [0.1, 0.15) is 0 Å². The molecule has 0 bridgehead atoms. The van der Waals surface area contributed by atoms with Crippen LogP contribution in [0.15, 0.2) is 28.7 Å². The molecule has 1 aliphatic heterocycles. The number of aliphatic hydroxyl groups excluding tert-OH is 1. The molecule has 1 saturated heterocycles. The highest BCUT2D eigenvalue weighted by Gasteiger charge is 2.22. The molecule has 16 heavy (non-hydrogen) atoms. The number of nitrogens with one attached hydrogen (secondary N) is 1. The van der Waals surface area contributed by atoms with E-state index in [0.717, 1.165) is 36.8 Å². The first-order valence-electron chi connectivity index (χ1n) is 5.89. The van der Waals surface area contributed by atoms with Gasteiger partial charge in [-0.15, -0.1) is 0 Å². The first-order valence-corrected chi connectivity index (χ1v) is 6.69. The fraction of sp³-hybridized carbons (Fsp3) is 0.538. The van der Waals surface area contributed by atoms with Gasteiger partial charge in [-0.05, 0) is 49.9 Å². The second-order valence-electron chi connectivity index (χ2n) is 4.45. The maximum absolute atomic E-state index is 10.2. The summed E-state index contributed by atoms with van der Waals surface area (Å²) in [5, 5.41) is 13.5. The van der Waals surface area contributed by atoms with Crippen molar-refractivity contribution in [3.63, 3.8) is 0 Å². The van der Waals surface area contributed by atoms with Gasteiger partial charge < -0.3 is 10.4 Å². The van der Waals surface area contributed by atoms with Crippen LogP contribution < -0.4 is 5.32 Å². The Hall–Kier alpha value is -0.380. The summed E-state index contributed by atoms with van der Waals surface area (Å²) >= 11 is 3.53. The van der Waals surface area contributed by atoms with Crippen molar-refractivity contribution in [1.29, 1.82) is 0 Å². The van der Waals surface area contributed by atoms with Gasteiger partial charge in [0.15, 0.2) is 0 Å². The lowest BCUT2D eigenvalue weighted by Gasteiger charge is -2.27. The van der Waals surface area contributed by atoms with Crippen molar-refractivity contribution in [2.45, 2.75) is 25.4 Å². The van der Waals surface area contributed by atoms with Crippen LogP contribution in [0.4, 0.5) is 0 Å². The Bertz CT molecular complexity index is 336. The smallest absolute Gasteiger partial charge is 0.0610 e. The molecule has 2 rings (SSSR count). The van der Waals surface area contributed by atoms with E-state index in [1.807, 2.05) is 18.2 Å². The number of halogens is 1. The van der Waals surface area contributed by atoms with Crippen molar-refractivity contribution < 1.29 is 5.11 Å². The van der Waals surface area contributed by atoms with Crippen LogP contribution in [0.2, 0.25) is 0 Å². The SMILES string of the molecule is OC(Cc1ccccc1Br)C1CCNCC1. The number of aliphatic hydroxyl groups is 1. The fourth-order valence-corrected chi connectivity index (χ4v) is 2.73. The van der Waals surface area contributed by atoms with E-state index in [-0.39, 0.29) is 6.10 Å². The number of piperidine rings is 1. The quantitative estimate of drug-likeness (QED) is 0.893. The van der Waals surface area contributed by atoms with Gasteiger partial charge in [0, 0.05) is 4.47 Å². The minimum atomic E-state index is -0.208. The second-order valence-corrected chi connectivity index (χ2v) is 5.30. The lowest BCUT2D eigenvalue weighted by Crippen LogP contribution is -2.35. The van der Waals surface area contributed by atoms with E-state index in [1.165, 1.54) is 5.56 Å². The lowest BCUT2D eigenvalue weighted by atomic mass is 9.89. The van der Waals surface area contributed by atoms with Gasteiger partial charge in [0.2, 0.25) is 0 Å². The van der Waals surface area contributed by atoms with E-state index >= 15 is 0 Å². The predicted molar refractivity (Wildman–Crippen MR) is 69.4 cm³/mol. The standard InChI is InChI=1S/C13H18BrNO/c14-12-4-2-1-3-11(12)9-13(16)10-5-7-15-8-6-10/h1-4,10,13,15-16H,5-9H2. The molecule has 0 saturated carbocycles. The largest absolute Gasteiger partial charge is 0.392 e. The summed E-state index contributed by atoms with van der Waals surface area (Å²) in [4.78, 5) is 0. The van der Waals surface area contributed by atoms with Crippen LogP contribution in [-0.2, 0) is 6.42 Å². The fourth-order valence-electron chi connectivity index (χ4n) is 2.28. The Kier molecular flexibility index (Phi) is 4.38. The number of rotatable bonds is 3. The van der Waals surface area contributed by atoms with Gasteiger partial charge in [-0.25, -0.2) is 0 Å². The average Bonchev–Trinajstić information content (AvgIpc) is 2.33. The van der Waals surface area contributed by atoms with Crippen molar-refractivity contribution in [2.24, 2.45) is 5.92 Å². The molecular weight excluding hydrogens is 266 g/mol. The Morgan fingerprint density at radius 1 is 1.31 bits per heavy atom. The van der Waals surface area contributed by atoms with E-state index in [4.69, 9.17) is 0 Å². The molecule has 2 N–H and O–H groups in total. The minimum absolute atomic E-state index is 0.208. The van der Waals surface area contributed by atoms with Crippen molar-refractivity contribution >= 4 is 15.9 Å². The van der Waals surface area contributed by atoms with Crippen molar-refractivity contribution in [1.82, 2.24) is 5.32 Å². The van der Waals surface area contributed by atoms with Gasteiger partial charge in [0.05, 0.1) is 6.10 Å². The van der Waals surface area contributed by atoms with Crippen LogP contribution in [0, 0.1) is 5.92 Å². The summed E-state index contributed by atoms with van der Waals surface area (Å²) in [7, 11) is 0. The molecular formula is C13H18BrNO. The zero-order valence-electron chi connectivity index (χ0n) is 9.32. The molecule has 1 aromatic rings. The highest BCUT2D eigenvalue weighted by Crippen LogP contribution is 2.23. The molecule has 1 aromatic carbocycles. The molecule has 0 aromatic heterocycles. The topological polar surface area (TPSA) is 32.3 Å². The van der Waals surface area contributed by atoms with Gasteiger partial charge in [-0.2, -0.15) is 0 Å². The maximum Gasteiger partial charge on any atom is 0.0610 e. The second kappa shape index (κ2) is 5.80. The molecule has 1 fully saturated rings. The number of benzene rings is 1. The first kappa shape index (κ1) is 12.1. The summed E-state index contributed by atoms with van der Waals surface area (Å²) in [6.45, 7) is 2.08. The van der Waals surface area contributed by atoms with Gasteiger partial charge in [-0.1, -0.05) is 34.1 Å². The molecule has 1 aliphatic rings. The van der Waals surface area contributed by atoms with E-state index in [9.17, 15) is 5.11 Å². The molecule has 2 nitrogen and oxygen atoms in total. The van der Waals surface area contributed by atoms with E-state index in [0.29, 0.717) is 5.92 Å². The van der Waals surface area contributed by atoms with Gasteiger partial charge in [0.25, 0.3) is 0 Å². The molecule has 0 aliphatic carbocycles. The summed E-state index contributed by atoms with van der Waals surface area (Å²) in [5.74, 6) is 0.452. The van der Waals surface area contributed by atoms with Crippen molar-refractivity contribution in [2.75, 3.05) is 13.1 Å². The van der Waals surface area contributed by atoms with E-state index < -0.39 is 0 Å². The molecule has 0 amide bonds. The van der Waals surface area contributed by atoms with Crippen LogP contribution >= 0.6 is 15.9 Å². The number of hydrogen-bond acceptors (Lipinski definition) is 2. The summed E-state index contributed by atoms with van der Waals surface area (Å²) < 4.78 is 1.10. The molecule has 1 heterocycles. The number of hydrogen-bond donors (Lipinski definition) is 2. The Balaban J connectivity index is 1.96. The maximum atomic E-state index is 10.2.